The zero-order chi connectivity index (χ0) is 11.8. The van der Waals surface area contributed by atoms with E-state index in [1.54, 1.807) is 24.3 Å². The maximum Gasteiger partial charge on any atom is 0.263 e. The lowest BCUT2D eigenvalue weighted by Crippen LogP contribution is -2.47. The summed E-state index contributed by atoms with van der Waals surface area (Å²) in [5.74, 6) is -3.06. The maximum atomic E-state index is 13.5. The quantitative estimate of drug-likeness (QED) is 0.772. The van der Waals surface area contributed by atoms with Gasteiger partial charge >= 0.3 is 0 Å². The molecule has 1 aromatic rings. The van der Waals surface area contributed by atoms with E-state index >= 15 is 0 Å². The van der Waals surface area contributed by atoms with Crippen LogP contribution in [-0.4, -0.2) is 33.5 Å². The molecule has 0 radical (unpaired) electrons. The smallest absolute Gasteiger partial charge is 0.263 e. The van der Waals surface area contributed by atoms with Crippen molar-refractivity contribution < 1.29 is 8.78 Å². The number of hydrogen-bond acceptors (Lipinski definition) is 2. The van der Waals surface area contributed by atoms with Crippen LogP contribution in [0.15, 0.2) is 12.5 Å². The van der Waals surface area contributed by atoms with Crippen molar-refractivity contribution in [2.24, 2.45) is 13.0 Å². The lowest BCUT2D eigenvalue weighted by Gasteiger charge is -2.36. The van der Waals surface area contributed by atoms with Gasteiger partial charge in [0, 0.05) is 25.7 Å². The van der Waals surface area contributed by atoms with Gasteiger partial charge in [0.15, 0.2) is 0 Å². The van der Waals surface area contributed by atoms with Crippen molar-refractivity contribution in [3.63, 3.8) is 0 Å². The summed E-state index contributed by atoms with van der Waals surface area (Å²) < 4.78 is 28.9. The lowest BCUT2D eigenvalue weighted by atomic mass is 9.95. The van der Waals surface area contributed by atoms with E-state index in [4.69, 9.17) is 0 Å². The fourth-order valence-electron chi connectivity index (χ4n) is 2.02. The molecule has 0 saturated carbocycles. The minimum absolute atomic E-state index is 0.140. The van der Waals surface area contributed by atoms with Crippen LogP contribution in [0.1, 0.15) is 19.0 Å². The zero-order valence-electron chi connectivity index (χ0n) is 9.66. The second-order valence-corrected chi connectivity index (χ2v) is 4.66. The van der Waals surface area contributed by atoms with Crippen molar-refractivity contribution in [3.05, 3.63) is 18.2 Å². The third kappa shape index (κ3) is 2.24. The molecular formula is C11H17F2N3. The molecule has 1 aliphatic heterocycles. The van der Waals surface area contributed by atoms with E-state index in [9.17, 15) is 8.78 Å². The average Bonchev–Trinajstić information content (AvgIpc) is 2.58. The molecule has 1 saturated heterocycles. The van der Waals surface area contributed by atoms with E-state index < -0.39 is 11.8 Å². The number of nitrogens with zero attached hydrogens (tertiary/aromatic N) is 3. The molecule has 0 aromatic carbocycles. The first kappa shape index (κ1) is 11.5. The number of alkyl halides is 2. The number of imidazole rings is 1. The standard InChI is InChI=1S/C11H17F2N3/c1-9-3-4-16(7-11(9,12)13)6-10-5-14-8-15(10)2/h5,8-9H,3-4,6-7H2,1-2H3/t9-/m0/s1. The molecule has 0 N–H and O–H groups in total. The first-order valence-electron chi connectivity index (χ1n) is 5.54. The predicted molar refractivity (Wildman–Crippen MR) is 57.2 cm³/mol. The second-order valence-electron chi connectivity index (χ2n) is 4.66. The van der Waals surface area contributed by atoms with Crippen LogP contribution in [0.3, 0.4) is 0 Å². The molecule has 16 heavy (non-hydrogen) atoms. The topological polar surface area (TPSA) is 21.1 Å². The summed E-state index contributed by atoms with van der Waals surface area (Å²) in [6.45, 7) is 2.78. The van der Waals surface area contributed by atoms with Gasteiger partial charge in [0.25, 0.3) is 5.92 Å². The number of likely N-dealkylation sites (tertiary alicyclic amines) is 1. The van der Waals surface area contributed by atoms with E-state index in [1.807, 2.05) is 11.6 Å². The van der Waals surface area contributed by atoms with Crippen LogP contribution in [0.2, 0.25) is 0 Å². The number of aryl methyl sites for hydroxylation is 1. The van der Waals surface area contributed by atoms with Crippen molar-refractivity contribution in [2.75, 3.05) is 13.1 Å². The van der Waals surface area contributed by atoms with Gasteiger partial charge in [-0.05, 0) is 13.0 Å². The molecule has 0 spiro atoms. The summed E-state index contributed by atoms with van der Waals surface area (Å²) >= 11 is 0. The molecule has 0 unspecified atom stereocenters. The molecule has 1 aromatic heterocycles. The van der Waals surface area contributed by atoms with E-state index in [2.05, 4.69) is 4.98 Å². The van der Waals surface area contributed by atoms with Crippen molar-refractivity contribution in [1.29, 1.82) is 0 Å². The molecule has 0 amide bonds. The van der Waals surface area contributed by atoms with Gasteiger partial charge in [-0.3, -0.25) is 4.90 Å². The van der Waals surface area contributed by atoms with E-state index in [0.717, 1.165) is 12.2 Å². The minimum atomic E-state index is -2.56. The SMILES string of the molecule is C[C@H]1CCN(Cc2cncn2C)CC1(F)F. The van der Waals surface area contributed by atoms with Gasteiger partial charge in [-0.15, -0.1) is 0 Å². The average molecular weight is 229 g/mol. The van der Waals surface area contributed by atoms with Crippen LogP contribution < -0.4 is 0 Å². The van der Waals surface area contributed by atoms with Gasteiger partial charge < -0.3 is 4.57 Å². The maximum absolute atomic E-state index is 13.5. The molecule has 2 rings (SSSR count). The van der Waals surface area contributed by atoms with E-state index in [-0.39, 0.29) is 6.54 Å². The monoisotopic (exact) mass is 229 g/mol. The Labute approximate surface area is 94.1 Å². The number of halogens is 2. The summed E-state index contributed by atoms with van der Waals surface area (Å²) in [4.78, 5) is 5.79. The normalized spacial score (nSPS) is 25.9. The molecule has 1 aliphatic rings. The Morgan fingerprint density at radius 1 is 1.56 bits per heavy atom. The molecular weight excluding hydrogens is 212 g/mol. The lowest BCUT2D eigenvalue weighted by molar-refractivity contribution is -0.106. The summed E-state index contributed by atoms with van der Waals surface area (Å²) in [6.07, 6.45) is 3.99. The van der Waals surface area contributed by atoms with Crippen molar-refractivity contribution in [2.45, 2.75) is 25.8 Å². The largest absolute Gasteiger partial charge is 0.337 e. The van der Waals surface area contributed by atoms with Crippen molar-refractivity contribution >= 4 is 0 Å². The van der Waals surface area contributed by atoms with E-state index in [0.29, 0.717) is 13.0 Å². The van der Waals surface area contributed by atoms with Crippen molar-refractivity contribution in [3.8, 4) is 0 Å². The first-order chi connectivity index (χ1) is 7.49. The molecule has 90 valence electrons. The Morgan fingerprint density at radius 2 is 2.31 bits per heavy atom. The van der Waals surface area contributed by atoms with Crippen LogP contribution in [0, 0.1) is 5.92 Å². The highest BCUT2D eigenvalue weighted by molar-refractivity contribution is 4.98. The van der Waals surface area contributed by atoms with Crippen LogP contribution in [0.25, 0.3) is 0 Å². The molecule has 1 atom stereocenters. The Hall–Kier alpha value is -0.970. The zero-order valence-corrected chi connectivity index (χ0v) is 9.66. The van der Waals surface area contributed by atoms with Crippen LogP contribution in [-0.2, 0) is 13.6 Å². The number of piperidine rings is 1. The molecule has 2 heterocycles. The predicted octanol–water partition coefficient (Wildman–Crippen LogP) is 1.90. The van der Waals surface area contributed by atoms with Gasteiger partial charge in [0.1, 0.15) is 0 Å². The molecule has 0 bridgehead atoms. The van der Waals surface area contributed by atoms with Crippen LogP contribution >= 0.6 is 0 Å². The Kier molecular flexibility index (Phi) is 2.97. The summed E-state index contributed by atoms with van der Waals surface area (Å²) in [7, 11) is 1.88. The first-order valence-corrected chi connectivity index (χ1v) is 5.54. The van der Waals surface area contributed by atoms with Gasteiger partial charge in [-0.2, -0.15) is 0 Å². The number of hydrogen-bond donors (Lipinski definition) is 0. The summed E-state index contributed by atoms with van der Waals surface area (Å²) in [6, 6.07) is 0. The van der Waals surface area contributed by atoms with Gasteiger partial charge in [0.05, 0.1) is 18.6 Å². The van der Waals surface area contributed by atoms with Crippen LogP contribution in [0.5, 0.6) is 0 Å². The molecule has 3 nitrogen and oxygen atoms in total. The molecule has 5 heteroatoms. The third-order valence-corrected chi connectivity index (χ3v) is 3.34. The Balaban J connectivity index is 2.00. The second kappa shape index (κ2) is 4.13. The van der Waals surface area contributed by atoms with Gasteiger partial charge in [-0.25, -0.2) is 13.8 Å². The van der Waals surface area contributed by atoms with E-state index in [1.165, 1.54) is 0 Å². The number of aromatic nitrogens is 2. The van der Waals surface area contributed by atoms with Gasteiger partial charge in [0.2, 0.25) is 0 Å². The third-order valence-electron chi connectivity index (χ3n) is 3.34. The fraction of sp³-hybridized carbons (Fsp3) is 0.727. The highest BCUT2D eigenvalue weighted by Gasteiger charge is 2.41. The summed E-state index contributed by atoms with van der Waals surface area (Å²) in [5.41, 5.74) is 0.977. The van der Waals surface area contributed by atoms with Crippen LogP contribution in [0.4, 0.5) is 8.78 Å². The van der Waals surface area contributed by atoms with Gasteiger partial charge in [-0.1, -0.05) is 6.92 Å². The highest BCUT2D eigenvalue weighted by Crippen LogP contribution is 2.32. The Bertz CT molecular complexity index is 362. The minimum Gasteiger partial charge on any atom is -0.337 e. The highest BCUT2D eigenvalue weighted by atomic mass is 19.3. The number of rotatable bonds is 2. The Morgan fingerprint density at radius 3 is 2.88 bits per heavy atom. The molecule has 1 fully saturated rings. The summed E-state index contributed by atoms with van der Waals surface area (Å²) in [5, 5.41) is 0. The van der Waals surface area contributed by atoms with Crippen molar-refractivity contribution in [1.82, 2.24) is 14.5 Å². The fourth-order valence-corrected chi connectivity index (χ4v) is 2.02. The molecule has 0 aliphatic carbocycles.